The molecule has 1 aromatic rings. The maximum atomic E-state index is 12.3. The Hall–Kier alpha value is -0.920. The first-order chi connectivity index (χ1) is 8.91. The van der Waals surface area contributed by atoms with E-state index in [-0.39, 0.29) is 10.9 Å². The summed E-state index contributed by atoms with van der Waals surface area (Å²) in [5, 5.41) is 7.38. The Balaban J connectivity index is 1.99. The van der Waals surface area contributed by atoms with E-state index < -0.39 is 10.0 Å². The third kappa shape index (κ3) is 3.55. The SMILES string of the molecule is CC(C)NCCn1cc(S(=O)(=O)N(C)C2CC2)cn1. The van der Waals surface area contributed by atoms with Gasteiger partial charge in [-0.3, -0.25) is 4.68 Å². The van der Waals surface area contributed by atoms with Crippen LogP contribution in [0.1, 0.15) is 26.7 Å². The van der Waals surface area contributed by atoms with Crippen LogP contribution < -0.4 is 5.32 Å². The number of rotatable bonds is 7. The van der Waals surface area contributed by atoms with Gasteiger partial charge < -0.3 is 5.32 Å². The molecule has 2 rings (SSSR count). The standard InChI is InChI=1S/C12H22N4O2S/c1-10(2)13-6-7-16-9-12(8-14-16)19(17,18)15(3)11-4-5-11/h8-11,13H,4-7H2,1-3H3. The van der Waals surface area contributed by atoms with E-state index in [1.807, 2.05) is 0 Å². The lowest BCUT2D eigenvalue weighted by Gasteiger charge is -2.14. The van der Waals surface area contributed by atoms with E-state index in [0.29, 0.717) is 12.6 Å². The molecule has 0 amide bonds. The Morgan fingerprint density at radius 1 is 1.53 bits per heavy atom. The van der Waals surface area contributed by atoms with Gasteiger partial charge in [-0.1, -0.05) is 13.8 Å². The van der Waals surface area contributed by atoms with Crippen molar-refractivity contribution in [1.29, 1.82) is 0 Å². The fraction of sp³-hybridized carbons (Fsp3) is 0.750. The van der Waals surface area contributed by atoms with Crippen molar-refractivity contribution in [1.82, 2.24) is 19.4 Å². The van der Waals surface area contributed by atoms with E-state index in [0.717, 1.165) is 19.4 Å². The molecule has 0 radical (unpaired) electrons. The van der Waals surface area contributed by atoms with Crippen LogP contribution in [0, 0.1) is 0 Å². The van der Waals surface area contributed by atoms with Gasteiger partial charge in [0.05, 0.1) is 12.7 Å². The van der Waals surface area contributed by atoms with Crippen molar-refractivity contribution in [2.24, 2.45) is 0 Å². The quantitative estimate of drug-likeness (QED) is 0.800. The number of aromatic nitrogens is 2. The van der Waals surface area contributed by atoms with Crippen LogP contribution in [0.5, 0.6) is 0 Å². The molecule has 0 aliphatic heterocycles. The molecule has 0 bridgehead atoms. The molecule has 1 aliphatic carbocycles. The Morgan fingerprint density at radius 3 is 2.79 bits per heavy atom. The van der Waals surface area contributed by atoms with Crippen LogP contribution in [-0.4, -0.2) is 48.2 Å². The summed E-state index contributed by atoms with van der Waals surface area (Å²) in [5.74, 6) is 0. The van der Waals surface area contributed by atoms with Crippen LogP contribution >= 0.6 is 0 Å². The van der Waals surface area contributed by atoms with E-state index in [9.17, 15) is 8.42 Å². The lowest BCUT2D eigenvalue weighted by Crippen LogP contribution is -2.28. The van der Waals surface area contributed by atoms with Gasteiger partial charge in [0.1, 0.15) is 4.90 Å². The first kappa shape index (κ1) is 14.5. The summed E-state index contributed by atoms with van der Waals surface area (Å²) >= 11 is 0. The molecule has 1 saturated carbocycles. The largest absolute Gasteiger partial charge is 0.313 e. The minimum Gasteiger partial charge on any atom is -0.313 e. The number of sulfonamides is 1. The van der Waals surface area contributed by atoms with Gasteiger partial charge in [0, 0.05) is 31.9 Å². The summed E-state index contributed by atoms with van der Waals surface area (Å²) in [4.78, 5) is 0.284. The highest BCUT2D eigenvalue weighted by Crippen LogP contribution is 2.30. The Bertz CT molecular complexity index is 520. The first-order valence-corrected chi connectivity index (χ1v) is 8.09. The molecule has 7 heteroatoms. The summed E-state index contributed by atoms with van der Waals surface area (Å²) in [5.41, 5.74) is 0. The van der Waals surface area contributed by atoms with Crippen molar-refractivity contribution in [2.75, 3.05) is 13.6 Å². The maximum Gasteiger partial charge on any atom is 0.246 e. The second kappa shape index (κ2) is 5.60. The molecule has 1 fully saturated rings. The van der Waals surface area contributed by atoms with E-state index >= 15 is 0 Å². The number of nitrogens with one attached hydrogen (secondary N) is 1. The van der Waals surface area contributed by atoms with Gasteiger partial charge in [0.15, 0.2) is 0 Å². The molecule has 0 spiro atoms. The van der Waals surface area contributed by atoms with Crippen molar-refractivity contribution >= 4 is 10.0 Å². The molecule has 1 N–H and O–H groups in total. The molecule has 1 aromatic heterocycles. The van der Waals surface area contributed by atoms with Crippen molar-refractivity contribution in [3.8, 4) is 0 Å². The van der Waals surface area contributed by atoms with E-state index in [2.05, 4.69) is 24.3 Å². The van der Waals surface area contributed by atoms with Gasteiger partial charge in [-0.25, -0.2) is 8.42 Å². The van der Waals surface area contributed by atoms with Gasteiger partial charge in [-0.05, 0) is 12.8 Å². The van der Waals surface area contributed by atoms with Crippen molar-refractivity contribution in [3.63, 3.8) is 0 Å². The van der Waals surface area contributed by atoms with E-state index in [4.69, 9.17) is 0 Å². The molecule has 0 unspecified atom stereocenters. The van der Waals surface area contributed by atoms with Crippen LogP contribution in [0.3, 0.4) is 0 Å². The number of hydrogen-bond acceptors (Lipinski definition) is 4. The zero-order valence-corrected chi connectivity index (χ0v) is 12.5. The fourth-order valence-electron chi connectivity index (χ4n) is 1.87. The molecule has 1 aliphatic rings. The van der Waals surface area contributed by atoms with Gasteiger partial charge in [-0.15, -0.1) is 0 Å². The molecule has 0 saturated heterocycles. The van der Waals surface area contributed by atoms with Crippen LogP contribution in [-0.2, 0) is 16.6 Å². The van der Waals surface area contributed by atoms with Crippen molar-refractivity contribution in [2.45, 2.75) is 50.2 Å². The molecule has 0 atom stereocenters. The molecule has 0 aromatic carbocycles. The molecule has 6 nitrogen and oxygen atoms in total. The van der Waals surface area contributed by atoms with E-state index in [1.54, 1.807) is 17.9 Å². The minimum absolute atomic E-state index is 0.177. The van der Waals surface area contributed by atoms with Crippen LogP contribution in [0.15, 0.2) is 17.3 Å². The monoisotopic (exact) mass is 286 g/mol. The van der Waals surface area contributed by atoms with Crippen LogP contribution in [0.4, 0.5) is 0 Å². The zero-order valence-electron chi connectivity index (χ0n) is 11.7. The minimum atomic E-state index is -3.37. The van der Waals surface area contributed by atoms with E-state index in [1.165, 1.54) is 10.5 Å². The number of nitrogens with zero attached hydrogens (tertiary/aromatic N) is 3. The van der Waals surface area contributed by atoms with Gasteiger partial charge in [0.25, 0.3) is 0 Å². The first-order valence-electron chi connectivity index (χ1n) is 6.65. The second-order valence-corrected chi connectivity index (χ2v) is 7.30. The summed E-state index contributed by atoms with van der Waals surface area (Å²) in [6, 6.07) is 0.593. The van der Waals surface area contributed by atoms with Gasteiger partial charge in [0.2, 0.25) is 10.0 Å². The Labute approximate surface area is 114 Å². The summed E-state index contributed by atoms with van der Waals surface area (Å²) in [6.45, 7) is 5.59. The lowest BCUT2D eigenvalue weighted by atomic mass is 10.4. The predicted molar refractivity (Wildman–Crippen MR) is 73.3 cm³/mol. The highest BCUT2D eigenvalue weighted by Gasteiger charge is 2.35. The normalized spacial score (nSPS) is 16.5. The third-order valence-electron chi connectivity index (χ3n) is 3.24. The summed E-state index contributed by atoms with van der Waals surface area (Å²) < 4.78 is 27.7. The summed E-state index contributed by atoms with van der Waals surface area (Å²) in [6.07, 6.45) is 4.96. The topological polar surface area (TPSA) is 67.2 Å². The average Bonchev–Trinajstić information content (AvgIpc) is 3.07. The maximum absolute atomic E-state index is 12.3. The predicted octanol–water partition coefficient (Wildman–Crippen LogP) is 0.664. The highest BCUT2D eigenvalue weighted by molar-refractivity contribution is 7.89. The Morgan fingerprint density at radius 2 is 2.21 bits per heavy atom. The van der Waals surface area contributed by atoms with Crippen LogP contribution in [0.25, 0.3) is 0 Å². The van der Waals surface area contributed by atoms with Crippen molar-refractivity contribution in [3.05, 3.63) is 12.4 Å². The molecular weight excluding hydrogens is 264 g/mol. The Kier molecular flexibility index (Phi) is 4.27. The van der Waals surface area contributed by atoms with Gasteiger partial charge >= 0.3 is 0 Å². The fourth-order valence-corrected chi connectivity index (χ4v) is 3.24. The highest BCUT2D eigenvalue weighted by atomic mass is 32.2. The van der Waals surface area contributed by atoms with Crippen LogP contribution in [0.2, 0.25) is 0 Å². The second-order valence-electron chi connectivity index (χ2n) is 5.30. The molecule has 1 heterocycles. The molecule has 19 heavy (non-hydrogen) atoms. The van der Waals surface area contributed by atoms with Gasteiger partial charge in [-0.2, -0.15) is 9.40 Å². The summed E-state index contributed by atoms with van der Waals surface area (Å²) in [7, 11) is -1.72. The average molecular weight is 286 g/mol. The van der Waals surface area contributed by atoms with Crippen molar-refractivity contribution < 1.29 is 8.42 Å². The smallest absolute Gasteiger partial charge is 0.246 e. The third-order valence-corrected chi connectivity index (χ3v) is 5.10. The molecular formula is C12H22N4O2S. The number of hydrogen-bond donors (Lipinski definition) is 1. The molecule has 108 valence electrons. The zero-order chi connectivity index (χ0) is 14.0. The lowest BCUT2D eigenvalue weighted by molar-refractivity contribution is 0.464.